The molecular weight excluding hydrogens is 443 g/mol. The molecule has 1 fully saturated rings. The van der Waals surface area contributed by atoms with Crippen molar-refractivity contribution in [3.05, 3.63) is 57.0 Å². The van der Waals surface area contributed by atoms with Crippen molar-refractivity contribution in [3.63, 3.8) is 0 Å². The lowest BCUT2D eigenvalue weighted by Gasteiger charge is -2.20. The Morgan fingerprint density at radius 2 is 1.50 bits per heavy atom. The summed E-state index contributed by atoms with van der Waals surface area (Å²) in [5, 5.41) is 3.54. The summed E-state index contributed by atoms with van der Waals surface area (Å²) in [5.74, 6) is -0.545. The first-order valence-corrected chi connectivity index (χ1v) is 11.4. The summed E-state index contributed by atoms with van der Waals surface area (Å²) < 4.78 is 27.5. The van der Waals surface area contributed by atoms with Crippen molar-refractivity contribution in [2.45, 2.75) is 30.6 Å². The summed E-state index contributed by atoms with van der Waals surface area (Å²) in [7, 11) is -3.69. The number of rotatable bonds is 4. The van der Waals surface area contributed by atoms with Crippen molar-refractivity contribution in [2.75, 3.05) is 18.4 Å². The van der Waals surface area contributed by atoms with E-state index in [1.807, 2.05) is 0 Å². The molecule has 0 atom stereocenters. The maximum Gasteiger partial charge on any atom is 0.257 e. The first-order chi connectivity index (χ1) is 13.3. The fourth-order valence-electron chi connectivity index (χ4n) is 3.09. The van der Waals surface area contributed by atoms with E-state index in [2.05, 4.69) is 5.32 Å². The number of nitrogens with one attached hydrogen (secondary N) is 1. The number of hydrogen-bond acceptors (Lipinski definition) is 3. The van der Waals surface area contributed by atoms with Gasteiger partial charge < -0.3 is 5.32 Å². The van der Waals surface area contributed by atoms with Gasteiger partial charge in [-0.05, 0) is 49.2 Å². The molecule has 0 radical (unpaired) electrons. The molecule has 0 aliphatic carbocycles. The third-order valence-corrected chi connectivity index (χ3v) is 7.17. The number of nitrogens with zero attached hydrogens (tertiary/aromatic N) is 1. The van der Waals surface area contributed by atoms with Gasteiger partial charge in [0.2, 0.25) is 10.0 Å². The summed E-state index contributed by atoms with van der Waals surface area (Å²) in [5.41, 5.74) is 0.452. The van der Waals surface area contributed by atoms with Crippen molar-refractivity contribution in [1.29, 1.82) is 0 Å². The van der Waals surface area contributed by atoms with Crippen molar-refractivity contribution in [1.82, 2.24) is 4.31 Å². The van der Waals surface area contributed by atoms with Crippen LogP contribution >= 0.6 is 34.8 Å². The van der Waals surface area contributed by atoms with Gasteiger partial charge in [0.15, 0.2) is 0 Å². The molecule has 5 nitrogen and oxygen atoms in total. The second kappa shape index (κ2) is 9.01. The molecule has 1 N–H and O–H groups in total. The van der Waals surface area contributed by atoms with Gasteiger partial charge in [-0.1, -0.05) is 47.6 Å². The van der Waals surface area contributed by atoms with Crippen LogP contribution in [-0.2, 0) is 10.0 Å². The first-order valence-electron chi connectivity index (χ1n) is 8.84. The lowest BCUT2D eigenvalue weighted by atomic mass is 10.2. The van der Waals surface area contributed by atoms with Crippen molar-refractivity contribution < 1.29 is 13.2 Å². The minimum Gasteiger partial charge on any atom is -0.322 e. The Hall–Kier alpha value is -1.31. The number of sulfonamides is 1. The van der Waals surface area contributed by atoms with Gasteiger partial charge in [0, 0.05) is 28.8 Å². The maximum atomic E-state index is 13.0. The quantitative estimate of drug-likeness (QED) is 0.657. The molecule has 0 bridgehead atoms. The molecule has 0 saturated carbocycles. The molecule has 2 aromatic carbocycles. The second-order valence-corrected chi connectivity index (χ2v) is 9.79. The topological polar surface area (TPSA) is 66.5 Å². The molecule has 0 unspecified atom stereocenters. The Morgan fingerprint density at radius 1 is 0.893 bits per heavy atom. The highest BCUT2D eigenvalue weighted by molar-refractivity contribution is 7.89. The van der Waals surface area contributed by atoms with Crippen LogP contribution in [0, 0.1) is 0 Å². The van der Waals surface area contributed by atoms with Crippen LogP contribution in [0.5, 0.6) is 0 Å². The van der Waals surface area contributed by atoms with Crippen LogP contribution in [0.15, 0.2) is 41.3 Å². The van der Waals surface area contributed by atoms with Gasteiger partial charge in [0.1, 0.15) is 0 Å². The molecule has 0 aromatic heterocycles. The number of carbonyl (C=O) groups is 1. The zero-order valence-corrected chi connectivity index (χ0v) is 18.0. The minimum absolute atomic E-state index is 0.0491. The van der Waals surface area contributed by atoms with E-state index in [1.165, 1.54) is 34.6 Å². The molecule has 28 heavy (non-hydrogen) atoms. The zero-order chi connectivity index (χ0) is 20.3. The lowest BCUT2D eigenvalue weighted by molar-refractivity contribution is 0.102. The number of anilines is 1. The van der Waals surface area contributed by atoms with Gasteiger partial charge >= 0.3 is 0 Å². The standard InChI is InChI=1S/C19H19Cl3N2O3S/c20-13-9-14(21)11-15(10-13)23-19(25)17-12-16(5-6-18(17)22)28(26,27)24-7-3-1-2-4-8-24/h5-6,9-12H,1-4,7-8H2,(H,23,25). The monoisotopic (exact) mass is 460 g/mol. The lowest BCUT2D eigenvalue weighted by Crippen LogP contribution is -2.32. The zero-order valence-electron chi connectivity index (χ0n) is 14.9. The summed E-state index contributed by atoms with van der Waals surface area (Å²) in [6, 6.07) is 8.78. The van der Waals surface area contributed by atoms with Crippen LogP contribution in [0.1, 0.15) is 36.0 Å². The van der Waals surface area contributed by atoms with Crippen LogP contribution in [-0.4, -0.2) is 31.7 Å². The van der Waals surface area contributed by atoms with E-state index in [0.29, 0.717) is 28.8 Å². The Morgan fingerprint density at radius 3 is 2.11 bits per heavy atom. The Labute approximate surface area is 179 Å². The highest BCUT2D eigenvalue weighted by atomic mass is 35.5. The van der Waals surface area contributed by atoms with E-state index in [0.717, 1.165) is 25.7 Å². The highest BCUT2D eigenvalue weighted by Crippen LogP contribution is 2.27. The van der Waals surface area contributed by atoms with Gasteiger partial charge in [0.05, 0.1) is 15.5 Å². The number of halogens is 3. The Kier molecular flexibility index (Phi) is 6.89. The summed E-state index contributed by atoms with van der Waals surface area (Å²) in [6.07, 6.45) is 3.69. The molecule has 1 aliphatic heterocycles. The summed E-state index contributed by atoms with van der Waals surface area (Å²) in [6.45, 7) is 0.959. The highest BCUT2D eigenvalue weighted by Gasteiger charge is 2.26. The molecule has 2 aromatic rings. The summed E-state index contributed by atoms with van der Waals surface area (Å²) in [4.78, 5) is 12.7. The van der Waals surface area contributed by atoms with E-state index in [1.54, 1.807) is 6.07 Å². The van der Waals surface area contributed by atoms with E-state index in [-0.39, 0.29) is 15.5 Å². The molecule has 3 rings (SSSR count). The Balaban J connectivity index is 1.89. The van der Waals surface area contributed by atoms with Gasteiger partial charge in [-0.2, -0.15) is 4.31 Å². The van der Waals surface area contributed by atoms with E-state index >= 15 is 0 Å². The van der Waals surface area contributed by atoms with Crippen LogP contribution in [0.25, 0.3) is 0 Å². The molecule has 1 saturated heterocycles. The molecule has 1 heterocycles. The number of benzene rings is 2. The van der Waals surface area contributed by atoms with E-state index in [9.17, 15) is 13.2 Å². The van der Waals surface area contributed by atoms with Gasteiger partial charge in [0.25, 0.3) is 5.91 Å². The van der Waals surface area contributed by atoms with Crippen LogP contribution < -0.4 is 5.32 Å². The van der Waals surface area contributed by atoms with Crippen molar-refractivity contribution in [2.24, 2.45) is 0 Å². The number of carbonyl (C=O) groups excluding carboxylic acids is 1. The number of amides is 1. The smallest absolute Gasteiger partial charge is 0.257 e. The van der Waals surface area contributed by atoms with Crippen LogP contribution in [0.2, 0.25) is 15.1 Å². The predicted molar refractivity (Wildman–Crippen MR) is 113 cm³/mol. The SMILES string of the molecule is O=C(Nc1cc(Cl)cc(Cl)c1)c1cc(S(=O)(=O)N2CCCCCC2)ccc1Cl. The Bertz CT molecular complexity index is 968. The van der Waals surface area contributed by atoms with Gasteiger partial charge in [-0.15, -0.1) is 0 Å². The van der Waals surface area contributed by atoms with E-state index < -0.39 is 15.9 Å². The van der Waals surface area contributed by atoms with Crippen molar-refractivity contribution >= 4 is 56.4 Å². The van der Waals surface area contributed by atoms with Crippen LogP contribution in [0.3, 0.4) is 0 Å². The average Bonchev–Trinajstić information content (AvgIpc) is 2.91. The fraction of sp³-hybridized carbons (Fsp3) is 0.316. The fourth-order valence-corrected chi connectivity index (χ4v) is 5.37. The largest absolute Gasteiger partial charge is 0.322 e. The average molecular weight is 462 g/mol. The normalized spacial score (nSPS) is 15.8. The molecule has 0 spiro atoms. The second-order valence-electron chi connectivity index (χ2n) is 6.57. The minimum atomic E-state index is -3.69. The molecular formula is C19H19Cl3N2O3S. The molecule has 150 valence electrons. The molecule has 9 heteroatoms. The number of hydrogen-bond donors (Lipinski definition) is 1. The van der Waals surface area contributed by atoms with Crippen molar-refractivity contribution in [3.8, 4) is 0 Å². The maximum absolute atomic E-state index is 13.0. The molecule has 1 amide bonds. The third kappa shape index (κ3) is 4.99. The van der Waals surface area contributed by atoms with Crippen LogP contribution in [0.4, 0.5) is 5.69 Å². The van der Waals surface area contributed by atoms with Gasteiger partial charge in [-0.3, -0.25) is 4.79 Å². The predicted octanol–water partition coefficient (Wildman–Crippen LogP) is 5.46. The van der Waals surface area contributed by atoms with Gasteiger partial charge in [-0.25, -0.2) is 8.42 Å². The van der Waals surface area contributed by atoms with E-state index in [4.69, 9.17) is 34.8 Å². The third-order valence-electron chi connectivity index (χ3n) is 4.51. The molecule has 1 aliphatic rings. The summed E-state index contributed by atoms with van der Waals surface area (Å²) >= 11 is 18.1. The first kappa shape index (κ1) is 21.4.